The molecule has 5 aromatic rings. The fourth-order valence-electron chi connectivity index (χ4n) is 4.27. The molecule has 1 amide bonds. The molecule has 0 aliphatic carbocycles. The Kier molecular flexibility index (Phi) is 4.55. The SMILES string of the molecule is CC(=O)c1nc(C(=O)NCCc2c(C)[nH]c3ccccc23)cc2c1[nH]c1ccccc12. The van der Waals surface area contributed by atoms with Crippen LogP contribution in [-0.4, -0.2) is 33.2 Å². The third kappa shape index (κ3) is 3.26. The molecule has 3 N–H and O–H groups in total. The number of H-pyrrole nitrogens is 2. The summed E-state index contributed by atoms with van der Waals surface area (Å²) in [4.78, 5) is 36.1. The summed E-state index contributed by atoms with van der Waals surface area (Å²) in [6, 6.07) is 17.7. The maximum atomic E-state index is 12.9. The van der Waals surface area contributed by atoms with E-state index in [0.29, 0.717) is 18.5 Å². The number of fused-ring (bicyclic) bond motifs is 4. The summed E-state index contributed by atoms with van der Waals surface area (Å²) >= 11 is 0. The van der Waals surface area contributed by atoms with E-state index in [9.17, 15) is 9.59 Å². The van der Waals surface area contributed by atoms with Crippen LogP contribution in [0.4, 0.5) is 0 Å². The van der Waals surface area contributed by atoms with E-state index in [0.717, 1.165) is 27.5 Å². The Hall–Kier alpha value is -3.93. The first kappa shape index (κ1) is 19.1. The Balaban J connectivity index is 1.43. The van der Waals surface area contributed by atoms with Crippen molar-refractivity contribution in [2.45, 2.75) is 20.3 Å². The van der Waals surface area contributed by atoms with Crippen LogP contribution in [0.3, 0.4) is 0 Å². The van der Waals surface area contributed by atoms with Crippen LogP contribution in [0.5, 0.6) is 0 Å². The van der Waals surface area contributed by atoms with E-state index >= 15 is 0 Å². The number of nitrogens with zero attached hydrogens (tertiary/aromatic N) is 1. The lowest BCUT2D eigenvalue weighted by molar-refractivity contribution is 0.0949. The summed E-state index contributed by atoms with van der Waals surface area (Å²) in [5.41, 5.74) is 5.50. The highest BCUT2D eigenvalue weighted by Crippen LogP contribution is 2.28. The van der Waals surface area contributed by atoms with E-state index < -0.39 is 0 Å². The second-order valence-corrected chi connectivity index (χ2v) is 7.79. The number of ketones is 1. The highest BCUT2D eigenvalue weighted by atomic mass is 16.2. The summed E-state index contributed by atoms with van der Waals surface area (Å²) < 4.78 is 0. The normalized spacial score (nSPS) is 11.4. The standard InChI is InChI=1S/C25H22N4O2/c1-14-16(17-7-3-5-9-20(17)27-14)11-12-26-25(31)22-13-19-18-8-4-6-10-21(18)28-24(19)23(29-22)15(2)30/h3-10,13,27-28H,11-12H2,1-2H3,(H,26,31). The largest absolute Gasteiger partial charge is 0.358 e. The molecule has 0 fully saturated rings. The van der Waals surface area contributed by atoms with Gasteiger partial charge in [0.15, 0.2) is 5.78 Å². The maximum absolute atomic E-state index is 12.9. The number of aromatic nitrogens is 3. The fraction of sp³-hybridized carbons (Fsp3) is 0.160. The molecule has 154 valence electrons. The fourth-order valence-corrected chi connectivity index (χ4v) is 4.27. The quantitative estimate of drug-likeness (QED) is 0.367. The number of aryl methyl sites for hydroxylation is 1. The Morgan fingerprint density at radius 2 is 1.61 bits per heavy atom. The second-order valence-electron chi connectivity index (χ2n) is 7.79. The lowest BCUT2D eigenvalue weighted by Crippen LogP contribution is -2.27. The van der Waals surface area contributed by atoms with Crippen molar-refractivity contribution in [1.29, 1.82) is 0 Å². The predicted octanol–water partition coefficient (Wildman–Crippen LogP) is 4.68. The molecule has 0 saturated heterocycles. The number of aromatic amines is 2. The van der Waals surface area contributed by atoms with Crippen LogP contribution in [0.25, 0.3) is 32.7 Å². The van der Waals surface area contributed by atoms with Gasteiger partial charge in [-0.25, -0.2) is 4.98 Å². The summed E-state index contributed by atoms with van der Waals surface area (Å²) in [6.07, 6.45) is 0.705. The number of nitrogens with one attached hydrogen (secondary N) is 3. The third-order valence-corrected chi connectivity index (χ3v) is 5.75. The molecule has 2 aromatic carbocycles. The number of carbonyl (C=O) groups excluding carboxylic acids is 2. The topological polar surface area (TPSA) is 90.6 Å². The van der Waals surface area contributed by atoms with Gasteiger partial charge < -0.3 is 15.3 Å². The summed E-state index contributed by atoms with van der Waals surface area (Å²) in [6.45, 7) is 3.99. The molecule has 31 heavy (non-hydrogen) atoms. The minimum Gasteiger partial charge on any atom is -0.358 e. The molecule has 0 saturated carbocycles. The molecule has 0 unspecified atom stereocenters. The van der Waals surface area contributed by atoms with Crippen LogP contribution in [0.1, 0.15) is 39.2 Å². The molecule has 3 heterocycles. The van der Waals surface area contributed by atoms with Crippen LogP contribution in [0.2, 0.25) is 0 Å². The zero-order chi connectivity index (χ0) is 21.5. The van der Waals surface area contributed by atoms with Gasteiger partial charge in [0.25, 0.3) is 5.91 Å². The molecule has 0 atom stereocenters. The Morgan fingerprint density at radius 3 is 2.35 bits per heavy atom. The molecule has 3 aromatic heterocycles. The number of para-hydroxylation sites is 2. The number of amides is 1. The Bertz CT molecular complexity index is 1480. The highest BCUT2D eigenvalue weighted by Gasteiger charge is 2.18. The van der Waals surface area contributed by atoms with E-state index in [-0.39, 0.29) is 23.1 Å². The molecule has 0 bridgehead atoms. The number of pyridine rings is 1. The molecular weight excluding hydrogens is 388 g/mol. The van der Waals surface area contributed by atoms with Crippen molar-refractivity contribution in [2.24, 2.45) is 0 Å². The molecule has 0 aliphatic heterocycles. The average molecular weight is 410 g/mol. The summed E-state index contributed by atoms with van der Waals surface area (Å²) in [5.74, 6) is -0.465. The first-order valence-corrected chi connectivity index (χ1v) is 10.3. The van der Waals surface area contributed by atoms with E-state index in [4.69, 9.17) is 0 Å². The number of carbonyl (C=O) groups is 2. The molecular formula is C25H22N4O2. The van der Waals surface area contributed by atoms with Crippen LogP contribution in [0, 0.1) is 6.92 Å². The van der Waals surface area contributed by atoms with E-state index in [1.807, 2.05) is 49.4 Å². The van der Waals surface area contributed by atoms with Gasteiger partial charge in [0.05, 0.1) is 5.52 Å². The minimum absolute atomic E-state index is 0.180. The Labute approximate surface area is 178 Å². The number of Topliss-reactive ketones (excluding diaryl/α,β-unsaturated/α-hetero) is 1. The van der Waals surface area contributed by atoms with Gasteiger partial charge in [-0.15, -0.1) is 0 Å². The van der Waals surface area contributed by atoms with Gasteiger partial charge in [0.1, 0.15) is 11.4 Å². The van der Waals surface area contributed by atoms with Gasteiger partial charge in [-0.05, 0) is 37.1 Å². The van der Waals surface area contributed by atoms with Crippen molar-refractivity contribution in [3.8, 4) is 0 Å². The molecule has 0 spiro atoms. The van der Waals surface area contributed by atoms with E-state index in [1.54, 1.807) is 6.07 Å². The zero-order valence-electron chi connectivity index (χ0n) is 17.4. The van der Waals surface area contributed by atoms with E-state index in [2.05, 4.69) is 26.3 Å². The van der Waals surface area contributed by atoms with E-state index in [1.165, 1.54) is 17.9 Å². The molecule has 5 rings (SSSR count). The second kappa shape index (κ2) is 7.40. The van der Waals surface area contributed by atoms with Gasteiger partial charge in [-0.3, -0.25) is 9.59 Å². The van der Waals surface area contributed by atoms with Gasteiger partial charge >= 0.3 is 0 Å². The first-order chi connectivity index (χ1) is 15.0. The number of hydrogen-bond acceptors (Lipinski definition) is 3. The van der Waals surface area contributed by atoms with Gasteiger partial charge in [0.2, 0.25) is 0 Å². The van der Waals surface area contributed by atoms with Crippen molar-refractivity contribution >= 4 is 44.4 Å². The lowest BCUT2D eigenvalue weighted by atomic mass is 10.1. The molecule has 0 aliphatic rings. The monoisotopic (exact) mass is 410 g/mol. The van der Waals surface area contributed by atoms with Gasteiger partial charge in [0, 0.05) is 46.4 Å². The minimum atomic E-state index is -0.285. The van der Waals surface area contributed by atoms with Crippen LogP contribution in [-0.2, 0) is 6.42 Å². The summed E-state index contributed by atoms with van der Waals surface area (Å²) in [7, 11) is 0. The zero-order valence-corrected chi connectivity index (χ0v) is 17.4. The smallest absolute Gasteiger partial charge is 0.269 e. The Morgan fingerprint density at radius 1 is 0.935 bits per heavy atom. The van der Waals surface area contributed by atoms with Crippen molar-refractivity contribution in [3.63, 3.8) is 0 Å². The van der Waals surface area contributed by atoms with Crippen molar-refractivity contribution in [1.82, 2.24) is 20.3 Å². The van der Waals surface area contributed by atoms with Gasteiger partial charge in [-0.2, -0.15) is 0 Å². The van der Waals surface area contributed by atoms with Crippen molar-refractivity contribution in [2.75, 3.05) is 6.54 Å². The summed E-state index contributed by atoms with van der Waals surface area (Å²) in [5, 5.41) is 5.93. The molecule has 6 heteroatoms. The van der Waals surface area contributed by atoms with Crippen LogP contribution < -0.4 is 5.32 Å². The van der Waals surface area contributed by atoms with Gasteiger partial charge in [-0.1, -0.05) is 36.4 Å². The lowest BCUT2D eigenvalue weighted by Gasteiger charge is -2.07. The van der Waals surface area contributed by atoms with Crippen LogP contribution in [0.15, 0.2) is 54.6 Å². The van der Waals surface area contributed by atoms with Crippen molar-refractivity contribution in [3.05, 3.63) is 77.2 Å². The number of benzene rings is 2. The van der Waals surface area contributed by atoms with Crippen molar-refractivity contribution < 1.29 is 9.59 Å². The number of hydrogen-bond donors (Lipinski definition) is 3. The predicted molar refractivity (Wildman–Crippen MR) is 123 cm³/mol. The number of rotatable bonds is 5. The average Bonchev–Trinajstić information content (AvgIpc) is 3.30. The van der Waals surface area contributed by atoms with Crippen LogP contribution >= 0.6 is 0 Å². The molecule has 0 radical (unpaired) electrons. The highest BCUT2D eigenvalue weighted by molar-refractivity contribution is 6.15. The first-order valence-electron chi connectivity index (χ1n) is 10.3. The third-order valence-electron chi connectivity index (χ3n) is 5.75. The maximum Gasteiger partial charge on any atom is 0.269 e. The molecule has 6 nitrogen and oxygen atoms in total.